The molecule has 108 valence electrons. The number of ether oxygens (including phenoxy) is 1. The van der Waals surface area contributed by atoms with E-state index in [1.165, 1.54) is 30.5 Å². The predicted octanol–water partition coefficient (Wildman–Crippen LogP) is 1.58. The number of hydrogen-bond acceptors (Lipinski definition) is 7. The second-order valence-corrected chi connectivity index (χ2v) is 4.04. The fraction of sp³-hybridized carbons (Fsp3) is 0.0833. The van der Waals surface area contributed by atoms with Crippen LogP contribution in [0.3, 0.4) is 0 Å². The molecule has 0 aliphatic carbocycles. The maximum atomic E-state index is 10.8. The molecular weight excluding hydrogens is 278 g/mol. The number of hydrogen-bond donors (Lipinski definition) is 2. The van der Waals surface area contributed by atoms with E-state index in [4.69, 9.17) is 15.7 Å². The fourth-order valence-electron chi connectivity index (χ4n) is 1.65. The van der Waals surface area contributed by atoms with Crippen LogP contribution < -0.4 is 10.5 Å². The maximum Gasteiger partial charge on any atom is 0.272 e. The van der Waals surface area contributed by atoms with Gasteiger partial charge in [0, 0.05) is 11.6 Å². The minimum atomic E-state index is -0.483. The molecule has 3 N–H and O–H groups in total. The van der Waals surface area contributed by atoms with Crippen LogP contribution >= 0.6 is 0 Å². The summed E-state index contributed by atoms with van der Waals surface area (Å²) in [6.07, 6.45) is 1.36. The van der Waals surface area contributed by atoms with Crippen LogP contribution in [0.1, 0.15) is 11.1 Å². The standard InChI is InChI=1S/C12H11N5O4/c1-7-6-8(2-3-10(7)17(19)20)21-12-9(11(13)16-18)4-5-14-15-12/h2-6,18H,1H3,(H2,13,16). The Bertz CT molecular complexity index is 717. The van der Waals surface area contributed by atoms with Crippen LogP contribution in [0, 0.1) is 17.0 Å². The van der Waals surface area contributed by atoms with Crippen LogP contribution in [0.15, 0.2) is 35.6 Å². The molecular formula is C12H11N5O4. The van der Waals surface area contributed by atoms with Gasteiger partial charge in [-0.2, -0.15) is 5.10 Å². The van der Waals surface area contributed by atoms with Crippen molar-refractivity contribution in [2.75, 3.05) is 0 Å². The predicted molar refractivity (Wildman–Crippen MR) is 72.5 cm³/mol. The SMILES string of the molecule is Cc1cc(Oc2nnccc2/C(N)=N/O)ccc1[N+](=O)[O-]. The number of rotatable bonds is 4. The quantitative estimate of drug-likeness (QED) is 0.286. The van der Waals surface area contributed by atoms with Crippen molar-refractivity contribution in [2.24, 2.45) is 10.9 Å². The highest BCUT2D eigenvalue weighted by molar-refractivity contribution is 5.98. The van der Waals surface area contributed by atoms with E-state index in [0.717, 1.165) is 0 Å². The average molecular weight is 289 g/mol. The molecule has 0 radical (unpaired) electrons. The summed E-state index contributed by atoms with van der Waals surface area (Å²) in [6.45, 7) is 1.59. The van der Waals surface area contributed by atoms with Crippen molar-refractivity contribution in [3.63, 3.8) is 0 Å². The van der Waals surface area contributed by atoms with Crippen molar-refractivity contribution in [3.8, 4) is 11.6 Å². The van der Waals surface area contributed by atoms with E-state index < -0.39 is 4.92 Å². The molecule has 0 fully saturated rings. The van der Waals surface area contributed by atoms with Gasteiger partial charge in [0.15, 0.2) is 5.84 Å². The number of nitro benzene ring substituents is 1. The molecule has 0 aliphatic rings. The van der Waals surface area contributed by atoms with Gasteiger partial charge in [0.1, 0.15) is 5.75 Å². The molecule has 0 spiro atoms. The van der Waals surface area contributed by atoms with E-state index in [9.17, 15) is 10.1 Å². The number of benzene rings is 1. The lowest BCUT2D eigenvalue weighted by Gasteiger charge is -2.08. The lowest BCUT2D eigenvalue weighted by Crippen LogP contribution is -2.15. The Kier molecular flexibility index (Phi) is 3.93. The number of nitrogens with zero attached hydrogens (tertiary/aromatic N) is 4. The molecule has 0 unspecified atom stereocenters. The molecule has 1 heterocycles. The van der Waals surface area contributed by atoms with E-state index in [2.05, 4.69) is 15.4 Å². The van der Waals surface area contributed by atoms with Crippen LogP contribution in [-0.2, 0) is 0 Å². The van der Waals surface area contributed by atoms with Gasteiger partial charge in [-0.1, -0.05) is 5.16 Å². The van der Waals surface area contributed by atoms with Crippen molar-refractivity contribution >= 4 is 11.5 Å². The van der Waals surface area contributed by atoms with Crippen molar-refractivity contribution in [2.45, 2.75) is 6.92 Å². The highest BCUT2D eigenvalue weighted by atomic mass is 16.6. The second-order valence-electron chi connectivity index (χ2n) is 4.04. The monoisotopic (exact) mass is 289 g/mol. The van der Waals surface area contributed by atoms with Crippen LogP contribution in [0.25, 0.3) is 0 Å². The van der Waals surface area contributed by atoms with Gasteiger partial charge in [-0.3, -0.25) is 10.1 Å². The highest BCUT2D eigenvalue weighted by Gasteiger charge is 2.14. The largest absolute Gasteiger partial charge is 0.437 e. The molecule has 0 saturated carbocycles. The van der Waals surface area contributed by atoms with E-state index in [-0.39, 0.29) is 23.0 Å². The molecule has 0 atom stereocenters. The average Bonchev–Trinajstić information content (AvgIpc) is 2.46. The summed E-state index contributed by atoms with van der Waals surface area (Å²) < 4.78 is 5.48. The summed E-state index contributed by atoms with van der Waals surface area (Å²) in [7, 11) is 0. The number of aryl methyl sites for hydroxylation is 1. The Hall–Kier alpha value is -3.23. The molecule has 0 amide bonds. The molecule has 2 rings (SSSR count). The van der Waals surface area contributed by atoms with Gasteiger partial charge < -0.3 is 15.7 Å². The first-order valence-electron chi connectivity index (χ1n) is 5.75. The third kappa shape index (κ3) is 3.03. The fourth-order valence-corrected chi connectivity index (χ4v) is 1.65. The molecule has 9 nitrogen and oxygen atoms in total. The summed E-state index contributed by atoms with van der Waals surface area (Å²) in [4.78, 5) is 10.3. The number of nitrogens with two attached hydrogens (primary N) is 1. The van der Waals surface area contributed by atoms with Gasteiger partial charge in [-0.05, 0) is 25.1 Å². The van der Waals surface area contributed by atoms with E-state index in [1.54, 1.807) is 6.92 Å². The van der Waals surface area contributed by atoms with Crippen LogP contribution in [-0.4, -0.2) is 26.2 Å². The van der Waals surface area contributed by atoms with Crippen molar-refractivity contribution in [1.82, 2.24) is 10.2 Å². The van der Waals surface area contributed by atoms with Gasteiger partial charge in [-0.25, -0.2) is 0 Å². The van der Waals surface area contributed by atoms with Gasteiger partial charge in [0.05, 0.1) is 16.7 Å². The zero-order chi connectivity index (χ0) is 15.4. The smallest absolute Gasteiger partial charge is 0.272 e. The zero-order valence-electron chi connectivity index (χ0n) is 10.9. The Morgan fingerprint density at radius 2 is 2.24 bits per heavy atom. The third-order valence-corrected chi connectivity index (χ3v) is 2.65. The Morgan fingerprint density at radius 3 is 2.86 bits per heavy atom. The molecule has 1 aromatic carbocycles. The first-order valence-corrected chi connectivity index (χ1v) is 5.75. The minimum absolute atomic E-state index is 0.0156. The lowest BCUT2D eigenvalue weighted by atomic mass is 10.2. The van der Waals surface area contributed by atoms with Crippen molar-refractivity contribution < 1.29 is 14.9 Å². The zero-order valence-corrected chi connectivity index (χ0v) is 10.9. The van der Waals surface area contributed by atoms with Gasteiger partial charge in [0.25, 0.3) is 5.69 Å². The Morgan fingerprint density at radius 1 is 1.48 bits per heavy atom. The highest BCUT2D eigenvalue weighted by Crippen LogP contribution is 2.27. The van der Waals surface area contributed by atoms with Crippen LogP contribution in [0.4, 0.5) is 5.69 Å². The van der Waals surface area contributed by atoms with Crippen molar-refractivity contribution in [3.05, 3.63) is 51.7 Å². The second kappa shape index (κ2) is 5.82. The normalized spacial score (nSPS) is 11.2. The Balaban J connectivity index is 2.35. The van der Waals surface area contributed by atoms with E-state index in [1.807, 2.05) is 0 Å². The molecule has 1 aromatic heterocycles. The molecule has 0 bridgehead atoms. The van der Waals surface area contributed by atoms with Gasteiger partial charge in [-0.15, -0.1) is 5.10 Å². The molecule has 2 aromatic rings. The minimum Gasteiger partial charge on any atom is -0.437 e. The Labute approximate surface area is 118 Å². The molecule has 0 saturated heterocycles. The van der Waals surface area contributed by atoms with E-state index >= 15 is 0 Å². The van der Waals surface area contributed by atoms with Crippen LogP contribution in [0.5, 0.6) is 11.6 Å². The first kappa shape index (κ1) is 14.2. The number of amidine groups is 1. The summed E-state index contributed by atoms with van der Waals surface area (Å²) in [5.74, 6) is 0.171. The summed E-state index contributed by atoms with van der Waals surface area (Å²) >= 11 is 0. The van der Waals surface area contributed by atoms with Gasteiger partial charge in [0.2, 0.25) is 5.88 Å². The topological polar surface area (TPSA) is 137 Å². The number of oxime groups is 1. The molecule has 0 aliphatic heterocycles. The van der Waals surface area contributed by atoms with Crippen molar-refractivity contribution in [1.29, 1.82) is 0 Å². The first-order chi connectivity index (χ1) is 10.0. The summed E-state index contributed by atoms with van der Waals surface area (Å²) in [6, 6.07) is 5.71. The summed E-state index contributed by atoms with van der Waals surface area (Å²) in [5, 5.41) is 29.7. The molecule has 9 heteroatoms. The number of aromatic nitrogens is 2. The summed E-state index contributed by atoms with van der Waals surface area (Å²) in [5.41, 5.74) is 6.18. The molecule has 21 heavy (non-hydrogen) atoms. The maximum absolute atomic E-state index is 10.8. The van der Waals surface area contributed by atoms with Crippen LogP contribution in [0.2, 0.25) is 0 Å². The number of nitro groups is 1. The van der Waals surface area contributed by atoms with Gasteiger partial charge >= 0.3 is 0 Å². The lowest BCUT2D eigenvalue weighted by molar-refractivity contribution is -0.385. The third-order valence-electron chi connectivity index (χ3n) is 2.65. The van der Waals surface area contributed by atoms with E-state index in [0.29, 0.717) is 11.3 Å².